The fourth-order valence-corrected chi connectivity index (χ4v) is 1.17. The molecule has 0 aliphatic rings. The van der Waals surface area contributed by atoms with Gasteiger partial charge in [0, 0.05) is 6.07 Å². The maximum Gasteiger partial charge on any atom is 0.573 e. The number of hydrogen-bond acceptors (Lipinski definition) is 2. The van der Waals surface area contributed by atoms with Crippen molar-refractivity contribution >= 4 is 0 Å². The lowest BCUT2D eigenvalue weighted by atomic mass is 10.1. The Morgan fingerprint density at radius 3 is 2.40 bits per heavy atom. The molecule has 0 N–H and O–H groups in total. The first-order valence-electron chi connectivity index (χ1n) is 4.39. The van der Waals surface area contributed by atoms with Crippen LogP contribution in [-0.4, -0.2) is 13.5 Å². The summed E-state index contributed by atoms with van der Waals surface area (Å²) in [7, 11) is 1.39. The predicted octanol–water partition coefficient (Wildman–Crippen LogP) is 3.16. The zero-order valence-corrected chi connectivity index (χ0v) is 8.39. The molecular formula is C10H11F3O2. The summed E-state index contributed by atoms with van der Waals surface area (Å²) < 4.78 is 44.8. The van der Waals surface area contributed by atoms with Crippen LogP contribution in [0, 0.1) is 0 Å². The molecular weight excluding hydrogens is 209 g/mol. The molecule has 0 amide bonds. The molecule has 1 rings (SSSR count). The van der Waals surface area contributed by atoms with E-state index in [0.29, 0.717) is 17.7 Å². The second kappa shape index (κ2) is 4.42. The highest BCUT2D eigenvalue weighted by atomic mass is 19.4. The SMILES string of the molecule is CCc1ccc(OC)cc1OC(F)(F)F. The minimum atomic E-state index is -4.67. The lowest BCUT2D eigenvalue weighted by Gasteiger charge is -2.13. The Labute approximate surface area is 85.6 Å². The van der Waals surface area contributed by atoms with Gasteiger partial charge in [0.2, 0.25) is 0 Å². The average molecular weight is 220 g/mol. The highest BCUT2D eigenvalue weighted by Crippen LogP contribution is 2.30. The van der Waals surface area contributed by atoms with E-state index in [1.54, 1.807) is 19.1 Å². The molecule has 0 atom stereocenters. The number of hydrogen-bond donors (Lipinski definition) is 0. The van der Waals surface area contributed by atoms with Gasteiger partial charge in [-0.3, -0.25) is 0 Å². The average Bonchev–Trinajstić information content (AvgIpc) is 2.15. The molecule has 15 heavy (non-hydrogen) atoms. The number of halogens is 3. The van der Waals surface area contributed by atoms with Crippen LogP contribution in [0.1, 0.15) is 12.5 Å². The van der Waals surface area contributed by atoms with E-state index in [2.05, 4.69) is 4.74 Å². The summed E-state index contributed by atoms with van der Waals surface area (Å²) in [5.74, 6) is 0.135. The van der Waals surface area contributed by atoms with Crippen LogP contribution in [0.5, 0.6) is 11.5 Å². The van der Waals surface area contributed by atoms with Crippen molar-refractivity contribution in [1.82, 2.24) is 0 Å². The summed E-state index contributed by atoms with van der Waals surface area (Å²) in [6.07, 6.45) is -4.20. The molecule has 0 bridgehead atoms. The monoisotopic (exact) mass is 220 g/mol. The van der Waals surface area contributed by atoms with Gasteiger partial charge in [-0.2, -0.15) is 0 Å². The third-order valence-corrected chi connectivity index (χ3v) is 1.88. The molecule has 0 spiro atoms. The van der Waals surface area contributed by atoms with Crippen LogP contribution < -0.4 is 9.47 Å². The summed E-state index contributed by atoms with van der Waals surface area (Å²) in [5.41, 5.74) is 0.494. The molecule has 0 fully saturated rings. The second-order valence-corrected chi connectivity index (χ2v) is 2.88. The van der Waals surface area contributed by atoms with Crippen LogP contribution in [-0.2, 0) is 6.42 Å². The topological polar surface area (TPSA) is 18.5 Å². The molecule has 0 heterocycles. The summed E-state index contributed by atoms with van der Waals surface area (Å²) in [6, 6.07) is 4.38. The van der Waals surface area contributed by atoms with E-state index in [-0.39, 0.29) is 5.75 Å². The Morgan fingerprint density at radius 1 is 1.27 bits per heavy atom. The zero-order chi connectivity index (χ0) is 11.5. The van der Waals surface area contributed by atoms with Gasteiger partial charge in [-0.1, -0.05) is 13.0 Å². The van der Waals surface area contributed by atoms with E-state index in [1.807, 2.05) is 0 Å². The number of alkyl halides is 3. The highest BCUT2D eigenvalue weighted by molar-refractivity contribution is 5.40. The standard InChI is InChI=1S/C10H11F3O2/c1-3-7-4-5-8(14-2)6-9(7)15-10(11,12)13/h4-6H,3H2,1-2H3. The van der Waals surface area contributed by atoms with Gasteiger partial charge in [0.1, 0.15) is 11.5 Å². The lowest BCUT2D eigenvalue weighted by Crippen LogP contribution is -2.18. The highest BCUT2D eigenvalue weighted by Gasteiger charge is 2.32. The van der Waals surface area contributed by atoms with Crippen LogP contribution in [0.15, 0.2) is 18.2 Å². The summed E-state index contributed by atoms with van der Waals surface area (Å²) >= 11 is 0. The summed E-state index contributed by atoms with van der Waals surface area (Å²) in [5, 5.41) is 0. The third-order valence-electron chi connectivity index (χ3n) is 1.88. The molecule has 0 radical (unpaired) electrons. The molecule has 0 aliphatic carbocycles. The van der Waals surface area contributed by atoms with Gasteiger partial charge in [-0.15, -0.1) is 13.2 Å². The van der Waals surface area contributed by atoms with E-state index in [0.717, 1.165) is 0 Å². The van der Waals surface area contributed by atoms with Gasteiger partial charge in [0.25, 0.3) is 0 Å². The lowest BCUT2D eigenvalue weighted by molar-refractivity contribution is -0.274. The van der Waals surface area contributed by atoms with Gasteiger partial charge in [0.05, 0.1) is 7.11 Å². The smallest absolute Gasteiger partial charge is 0.497 e. The Morgan fingerprint density at radius 2 is 1.93 bits per heavy atom. The molecule has 0 unspecified atom stereocenters. The van der Waals surface area contributed by atoms with E-state index in [4.69, 9.17) is 4.74 Å². The first-order valence-corrected chi connectivity index (χ1v) is 4.39. The number of benzene rings is 1. The minimum Gasteiger partial charge on any atom is -0.497 e. The van der Waals surface area contributed by atoms with Crippen LogP contribution in [0.2, 0.25) is 0 Å². The summed E-state index contributed by atoms with van der Waals surface area (Å²) in [6.45, 7) is 1.76. The molecule has 0 saturated carbocycles. The van der Waals surface area contributed by atoms with Crippen molar-refractivity contribution < 1.29 is 22.6 Å². The number of ether oxygens (including phenoxy) is 2. The van der Waals surface area contributed by atoms with Crippen molar-refractivity contribution in [3.63, 3.8) is 0 Å². The Hall–Kier alpha value is -1.39. The first-order chi connectivity index (χ1) is 6.96. The molecule has 0 saturated heterocycles. The quantitative estimate of drug-likeness (QED) is 0.779. The van der Waals surface area contributed by atoms with Crippen LogP contribution in [0.3, 0.4) is 0 Å². The van der Waals surface area contributed by atoms with E-state index in [1.165, 1.54) is 13.2 Å². The predicted molar refractivity (Wildman–Crippen MR) is 49.1 cm³/mol. The Balaban J connectivity index is 3.01. The third kappa shape index (κ3) is 3.34. The molecule has 1 aromatic rings. The molecule has 0 aliphatic heterocycles. The molecule has 1 aromatic carbocycles. The Kier molecular flexibility index (Phi) is 3.44. The van der Waals surface area contributed by atoms with Crippen molar-refractivity contribution in [3.05, 3.63) is 23.8 Å². The fraction of sp³-hybridized carbons (Fsp3) is 0.400. The minimum absolute atomic E-state index is 0.204. The largest absolute Gasteiger partial charge is 0.573 e. The Bertz CT molecular complexity index is 334. The van der Waals surface area contributed by atoms with Crippen molar-refractivity contribution in [1.29, 1.82) is 0 Å². The van der Waals surface area contributed by atoms with Gasteiger partial charge in [0.15, 0.2) is 0 Å². The first kappa shape index (κ1) is 11.7. The maximum atomic E-state index is 12.0. The molecule has 5 heteroatoms. The van der Waals surface area contributed by atoms with Crippen molar-refractivity contribution in [2.24, 2.45) is 0 Å². The fourth-order valence-electron chi connectivity index (χ4n) is 1.17. The van der Waals surface area contributed by atoms with Gasteiger partial charge in [-0.25, -0.2) is 0 Å². The van der Waals surface area contributed by atoms with E-state index < -0.39 is 6.36 Å². The van der Waals surface area contributed by atoms with Gasteiger partial charge >= 0.3 is 6.36 Å². The zero-order valence-electron chi connectivity index (χ0n) is 8.39. The van der Waals surface area contributed by atoms with E-state index >= 15 is 0 Å². The van der Waals surface area contributed by atoms with Crippen LogP contribution in [0.4, 0.5) is 13.2 Å². The van der Waals surface area contributed by atoms with Crippen molar-refractivity contribution in [2.45, 2.75) is 19.7 Å². The number of rotatable bonds is 3. The van der Waals surface area contributed by atoms with Gasteiger partial charge in [-0.05, 0) is 18.1 Å². The molecule has 84 valence electrons. The molecule has 0 aromatic heterocycles. The van der Waals surface area contributed by atoms with Crippen LogP contribution >= 0.6 is 0 Å². The van der Waals surface area contributed by atoms with Crippen molar-refractivity contribution in [2.75, 3.05) is 7.11 Å². The summed E-state index contributed by atoms with van der Waals surface area (Å²) in [4.78, 5) is 0. The van der Waals surface area contributed by atoms with Crippen LogP contribution in [0.25, 0.3) is 0 Å². The van der Waals surface area contributed by atoms with E-state index in [9.17, 15) is 13.2 Å². The normalized spacial score (nSPS) is 11.3. The number of methoxy groups -OCH3 is 1. The van der Waals surface area contributed by atoms with Gasteiger partial charge < -0.3 is 9.47 Å². The maximum absolute atomic E-state index is 12.0. The number of aryl methyl sites for hydroxylation is 1. The van der Waals surface area contributed by atoms with Crippen molar-refractivity contribution in [3.8, 4) is 11.5 Å². The molecule has 2 nitrogen and oxygen atoms in total. The second-order valence-electron chi connectivity index (χ2n) is 2.88.